The number of aliphatic hydroxyl groups is 2. The summed E-state index contributed by atoms with van der Waals surface area (Å²) in [5, 5.41) is 20.3. The van der Waals surface area contributed by atoms with Gasteiger partial charge in [0.2, 0.25) is 0 Å². The minimum absolute atomic E-state index is 0.369. The molecule has 0 amide bonds. The SMILES string of the molecule is CCCCCCCCCCCCCCCCC(O)COCC(O)CCCCCCCCCCCCCCCC. The van der Waals surface area contributed by atoms with E-state index >= 15 is 0 Å². The van der Waals surface area contributed by atoms with Crippen LogP contribution in [0.4, 0.5) is 0 Å². The summed E-state index contributed by atoms with van der Waals surface area (Å²) in [6.45, 7) is 5.31. The van der Waals surface area contributed by atoms with Gasteiger partial charge in [-0.2, -0.15) is 0 Å². The van der Waals surface area contributed by atoms with E-state index in [1.165, 1.54) is 167 Å². The molecule has 0 aromatic rings. The van der Waals surface area contributed by atoms with Crippen molar-refractivity contribution in [3.8, 4) is 0 Å². The fourth-order valence-corrected chi connectivity index (χ4v) is 5.66. The van der Waals surface area contributed by atoms with Gasteiger partial charge in [-0.05, 0) is 12.8 Å². The normalized spacial score (nSPS) is 13.2. The summed E-state index contributed by atoms with van der Waals surface area (Å²) in [4.78, 5) is 0. The van der Waals surface area contributed by atoms with Crippen molar-refractivity contribution >= 4 is 0 Å². The molecule has 0 saturated carbocycles. The molecule has 0 aliphatic carbocycles. The quantitative estimate of drug-likeness (QED) is 0.0777. The van der Waals surface area contributed by atoms with Gasteiger partial charge in [-0.3, -0.25) is 0 Å². The Morgan fingerprint density at radius 1 is 0.333 bits per heavy atom. The van der Waals surface area contributed by atoms with E-state index in [9.17, 15) is 10.2 Å². The van der Waals surface area contributed by atoms with Crippen molar-refractivity contribution in [2.75, 3.05) is 13.2 Å². The number of rotatable bonds is 34. The summed E-state index contributed by atoms with van der Waals surface area (Å²) < 4.78 is 5.60. The number of aliphatic hydroxyl groups excluding tert-OH is 2. The molecule has 0 aromatic carbocycles. The summed E-state index contributed by atoms with van der Waals surface area (Å²) in [5.41, 5.74) is 0. The van der Waals surface area contributed by atoms with Gasteiger partial charge in [0.1, 0.15) is 0 Å². The molecule has 0 bridgehead atoms. The molecule has 0 heterocycles. The maximum Gasteiger partial charge on any atom is 0.0773 e. The molecule has 0 fully saturated rings. The lowest BCUT2D eigenvalue weighted by Gasteiger charge is -2.14. The van der Waals surface area contributed by atoms with Crippen LogP contribution in [0.2, 0.25) is 0 Å². The van der Waals surface area contributed by atoms with Gasteiger partial charge in [-0.25, -0.2) is 0 Å². The zero-order valence-corrected chi connectivity index (χ0v) is 27.1. The molecule has 0 radical (unpaired) electrons. The molecular formula is C36H74O3. The maximum absolute atomic E-state index is 10.2. The van der Waals surface area contributed by atoms with E-state index in [-0.39, 0.29) is 12.2 Å². The highest BCUT2D eigenvalue weighted by Gasteiger charge is 2.08. The largest absolute Gasteiger partial charge is 0.391 e. The Bertz CT molecular complexity index is 390. The van der Waals surface area contributed by atoms with Crippen LogP contribution in [0.3, 0.4) is 0 Å². The van der Waals surface area contributed by atoms with Gasteiger partial charge in [0.25, 0.3) is 0 Å². The molecule has 2 N–H and O–H groups in total. The molecule has 3 nitrogen and oxygen atoms in total. The van der Waals surface area contributed by atoms with Crippen molar-refractivity contribution < 1.29 is 14.9 Å². The number of unbranched alkanes of at least 4 members (excludes halogenated alkanes) is 26. The lowest BCUT2D eigenvalue weighted by atomic mass is 10.0. The average Bonchev–Trinajstić information content (AvgIpc) is 2.93. The van der Waals surface area contributed by atoms with Gasteiger partial charge >= 0.3 is 0 Å². The van der Waals surface area contributed by atoms with Crippen LogP contribution in [0.25, 0.3) is 0 Å². The van der Waals surface area contributed by atoms with Crippen molar-refractivity contribution in [3.05, 3.63) is 0 Å². The highest BCUT2D eigenvalue weighted by Crippen LogP contribution is 2.15. The molecule has 236 valence electrons. The van der Waals surface area contributed by atoms with E-state index in [1.54, 1.807) is 0 Å². The lowest BCUT2D eigenvalue weighted by Crippen LogP contribution is -2.21. The fourth-order valence-electron chi connectivity index (χ4n) is 5.66. The molecule has 3 heteroatoms. The summed E-state index contributed by atoms with van der Waals surface area (Å²) in [6.07, 6.45) is 39.0. The van der Waals surface area contributed by atoms with Gasteiger partial charge in [0.05, 0.1) is 25.4 Å². The molecule has 0 spiro atoms. The fraction of sp³-hybridized carbons (Fsp3) is 1.00. The van der Waals surface area contributed by atoms with Crippen LogP contribution in [0.5, 0.6) is 0 Å². The molecule has 0 aliphatic rings. The maximum atomic E-state index is 10.2. The minimum Gasteiger partial charge on any atom is -0.391 e. The first-order chi connectivity index (χ1) is 19.2. The molecule has 2 atom stereocenters. The van der Waals surface area contributed by atoms with E-state index in [0.29, 0.717) is 13.2 Å². The predicted octanol–water partition coefficient (Wildman–Crippen LogP) is 11.5. The topological polar surface area (TPSA) is 49.7 Å². The first-order valence-corrected chi connectivity index (χ1v) is 18.1. The zero-order valence-electron chi connectivity index (χ0n) is 27.1. The van der Waals surface area contributed by atoms with Gasteiger partial charge in [-0.15, -0.1) is 0 Å². The second-order valence-corrected chi connectivity index (χ2v) is 12.6. The van der Waals surface area contributed by atoms with Crippen LogP contribution in [-0.2, 0) is 4.74 Å². The third kappa shape index (κ3) is 34.0. The highest BCUT2D eigenvalue weighted by atomic mass is 16.5. The van der Waals surface area contributed by atoms with Crippen molar-refractivity contribution in [1.29, 1.82) is 0 Å². The Kier molecular flexibility index (Phi) is 34.0. The van der Waals surface area contributed by atoms with Gasteiger partial charge in [0.15, 0.2) is 0 Å². The van der Waals surface area contributed by atoms with Crippen molar-refractivity contribution in [2.45, 2.75) is 219 Å². The lowest BCUT2D eigenvalue weighted by molar-refractivity contribution is -0.0129. The smallest absolute Gasteiger partial charge is 0.0773 e. The molecular weight excluding hydrogens is 480 g/mol. The standard InChI is InChI=1S/C36H74O3/c1-3-5-7-9-11-13-15-17-19-21-23-25-27-29-31-35(37)33-39-34-36(38)32-30-28-26-24-22-20-18-16-14-12-10-8-6-4-2/h35-38H,3-34H2,1-2H3. The number of hydrogen-bond donors (Lipinski definition) is 2. The van der Waals surface area contributed by atoms with Crippen LogP contribution >= 0.6 is 0 Å². The summed E-state index contributed by atoms with van der Waals surface area (Å²) in [6, 6.07) is 0. The first-order valence-electron chi connectivity index (χ1n) is 18.1. The molecule has 0 aliphatic heterocycles. The first kappa shape index (κ1) is 38.9. The Morgan fingerprint density at radius 3 is 0.769 bits per heavy atom. The number of ether oxygens (including phenoxy) is 1. The molecule has 39 heavy (non-hydrogen) atoms. The second-order valence-electron chi connectivity index (χ2n) is 12.6. The Morgan fingerprint density at radius 2 is 0.538 bits per heavy atom. The molecule has 2 unspecified atom stereocenters. The van der Waals surface area contributed by atoms with E-state index in [1.807, 2.05) is 0 Å². The van der Waals surface area contributed by atoms with E-state index < -0.39 is 0 Å². The van der Waals surface area contributed by atoms with Gasteiger partial charge < -0.3 is 14.9 Å². The molecule has 0 rings (SSSR count). The third-order valence-electron chi connectivity index (χ3n) is 8.40. The van der Waals surface area contributed by atoms with Crippen LogP contribution in [0, 0.1) is 0 Å². The Balaban J connectivity index is 3.26. The van der Waals surface area contributed by atoms with Crippen molar-refractivity contribution in [2.24, 2.45) is 0 Å². The minimum atomic E-state index is -0.379. The predicted molar refractivity (Wildman–Crippen MR) is 173 cm³/mol. The van der Waals surface area contributed by atoms with Crippen LogP contribution in [0.15, 0.2) is 0 Å². The van der Waals surface area contributed by atoms with Crippen LogP contribution < -0.4 is 0 Å². The van der Waals surface area contributed by atoms with E-state index in [0.717, 1.165) is 25.7 Å². The molecule has 0 aromatic heterocycles. The summed E-state index contributed by atoms with van der Waals surface area (Å²) >= 11 is 0. The molecule has 0 saturated heterocycles. The number of hydrogen-bond acceptors (Lipinski definition) is 3. The Hall–Kier alpha value is -0.120. The van der Waals surface area contributed by atoms with Gasteiger partial charge in [0, 0.05) is 0 Å². The average molecular weight is 555 g/mol. The van der Waals surface area contributed by atoms with Crippen molar-refractivity contribution in [3.63, 3.8) is 0 Å². The Labute approximate surface area is 246 Å². The highest BCUT2D eigenvalue weighted by molar-refractivity contribution is 4.59. The van der Waals surface area contributed by atoms with E-state index in [4.69, 9.17) is 4.74 Å². The summed E-state index contributed by atoms with van der Waals surface area (Å²) in [5.74, 6) is 0. The van der Waals surface area contributed by atoms with Crippen molar-refractivity contribution in [1.82, 2.24) is 0 Å². The van der Waals surface area contributed by atoms with Crippen LogP contribution in [-0.4, -0.2) is 35.6 Å². The zero-order chi connectivity index (χ0) is 28.5. The van der Waals surface area contributed by atoms with Gasteiger partial charge in [-0.1, -0.05) is 194 Å². The third-order valence-corrected chi connectivity index (χ3v) is 8.40. The second kappa shape index (κ2) is 34.1. The monoisotopic (exact) mass is 555 g/mol. The van der Waals surface area contributed by atoms with E-state index in [2.05, 4.69) is 13.8 Å². The summed E-state index contributed by atoms with van der Waals surface area (Å²) in [7, 11) is 0. The van der Waals surface area contributed by atoms with Crippen LogP contribution in [0.1, 0.15) is 206 Å².